The topological polar surface area (TPSA) is 74.1 Å². The molecular formula is C18H23N3O4. The fourth-order valence-electron chi connectivity index (χ4n) is 3.89. The summed E-state index contributed by atoms with van der Waals surface area (Å²) in [5, 5.41) is 7.57. The molecule has 1 amide bonds. The van der Waals surface area contributed by atoms with E-state index in [9.17, 15) is 4.79 Å². The third kappa shape index (κ3) is 2.87. The number of carbonyl (C=O) groups excluding carboxylic acids is 1. The lowest BCUT2D eigenvalue weighted by Gasteiger charge is -2.42. The van der Waals surface area contributed by atoms with Gasteiger partial charge < -0.3 is 19.5 Å². The summed E-state index contributed by atoms with van der Waals surface area (Å²) in [6.07, 6.45) is 5.20. The van der Waals surface area contributed by atoms with E-state index in [0.717, 1.165) is 37.8 Å². The molecule has 2 aliphatic heterocycles. The number of methoxy groups -OCH3 is 1. The average molecular weight is 345 g/mol. The SMILES string of the molecule is COc1cccc2c(C(=O)NC3(C4CCCO4)CCOCC3)cnn12. The van der Waals surface area contributed by atoms with Gasteiger partial charge in [0.15, 0.2) is 0 Å². The molecular weight excluding hydrogens is 322 g/mol. The van der Waals surface area contributed by atoms with Gasteiger partial charge in [-0.15, -0.1) is 0 Å². The van der Waals surface area contributed by atoms with E-state index in [0.29, 0.717) is 24.7 Å². The Morgan fingerprint density at radius 3 is 2.92 bits per heavy atom. The predicted molar refractivity (Wildman–Crippen MR) is 91.0 cm³/mol. The smallest absolute Gasteiger partial charge is 0.255 e. The zero-order chi connectivity index (χ0) is 17.3. The minimum Gasteiger partial charge on any atom is -0.481 e. The van der Waals surface area contributed by atoms with Crippen molar-refractivity contribution in [2.45, 2.75) is 37.3 Å². The number of aromatic nitrogens is 2. The molecule has 0 aromatic carbocycles. The number of rotatable bonds is 4. The highest BCUT2D eigenvalue weighted by atomic mass is 16.5. The Hall–Kier alpha value is -2.12. The number of carbonyl (C=O) groups is 1. The first kappa shape index (κ1) is 16.4. The highest BCUT2D eigenvalue weighted by Gasteiger charge is 2.44. The van der Waals surface area contributed by atoms with Crippen molar-refractivity contribution in [1.29, 1.82) is 0 Å². The number of nitrogens with one attached hydrogen (secondary N) is 1. The lowest BCUT2D eigenvalue weighted by Crippen LogP contribution is -2.59. The van der Waals surface area contributed by atoms with Crippen LogP contribution < -0.4 is 10.1 Å². The van der Waals surface area contributed by atoms with Crippen LogP contribution in [0.25, 0.3) is 5.52 Å². The zero-order valence-corrected chi connectivity index (χ0v) is 14.4. The van der Waals surface area contributed by atoms with Crippen molar-refractivity contribution < 1.29 is 19.0 Å². The quantitative estimate of drug-likeness (QED) is 0.915. The van der Waals surface area contributed by atoms with E-state index in [2.05, 4.69) is 10.4 Å². The average Bonchev–Trinajstić information content (AvgIpc) is 3.32. The van der Waals surface area contributed by atoms with Gasteiger partial charge in [0.2, 0.25) is 5.88 Å². The molecule has 4 rings (SSSR count). The van der Waals surface area contributed by atoms with Crippen molar-refractivity contribution >= 4 is 11.4 Å². The van der Waals surface area contributed by atoms with Gasteiger partial charge in [-0.05, 0) is 31.7 Å². The van der Waals surface area contributed by atoms with Crippen LogP contribution in [0.15, 0.2) is 24.4 Å². The third-order valence-electron chi connectivity index (χ3n) is 5.26. The summed E-state index contributed by atoms with van der Waals surface area (Å²) in [4.78, 5) is 13.0. The summed E-state index contributed by atoms with van der Waals surface area (Å²) >= 11 is 0. The van der Waals surface area contributed by atoms with Crippen LogP contribution in [0.2, 0.25) is 0 Å². The largest absolute Gasteiger partial charge is 0.481 e. The zero-order valence-electron chi connectivity index (χ0n) is 14.4. The molecule has 2 aliphatic rings. The first-order valence-corrected chi connectivity index (χ1v) is 8.76. The van der Waals surface area contributed by atoms with Crippen molar-refractivity contribution in [1.82, 2.24) is 14.9 Å². The first-order chi connectivity index (χ1) is 12.2. The summed E-state index contributed by atoms with van der Waals surface area (Å²) in [6.45, 7) is 2.04. The van der Waals surface area contributed by atoms with Crippen LogP contribution in [-0.2, 0) is 9.47 Å². The Labute approximate surface area is 146 Å². The van der Waals surface area contributed by atoms with Crippen molar-refractivity contribution in [3.8, 4) is 5.88 Å². The highest BCUT2D eigenvalue weighted by molar-refractivity contribution is 6.01. The molecule has 0 bridgehead atoms. The monoisotopic (exact) mass is 345 g/mol. The molecule has 0 aliphatic carbocycles. The van der Waals surface area contributed by atoms with Gasteiger partial charge in [-0.3, -0.25) is 4.79 Å². The van der Waals surface area contributed by atoms with Crippen molar-refractivity contribution in [2.24, 2.45) is 0 Å². The standard InChI is InChI=1S/C18H23N3O4/c1-23-16-6-2-4-14-13(12-19-21(14)16)17(22)20-18(7-10-24-11-8-18)15-5-3-9-25-15/h2,4,6,12,15H,3,5,7-11H2,1H3,(H,20,22). The normalized spacial score (nSPS) is 22.8. The van der Waals surface area contributed by atoms with Gasteiger partial charge in [-0.2, -0.15) is 5.10 Å². The van der Waals surface area contributed by atoms with Gasteiger partial charge in [0.1, 0.15) is 0 Å². The van der Waals surface area contributed by atoms with E-state index in [1.54, 1.807) is 17.8 Å². The fourth-order valence-corrected chi connectivity index (χ4v) is 3.89. The van der Waals surface area contributed by atoms with Crippen LogP contribution in [0.3, 0.4) is 0 Å². The fraction of sp³-hybridized carbons (Fsp3) is 0.556. The van der Waals surface area contributed by atoms with Crippen LogP contribution in [-0.4, -0.2) is 54.1 Å². The van der Waals surface area contributed by atoms with Gasteiger partial charge in [0.25, 0.3) is 5.91 Å². The summed E-state index contributed by atoms with van der Waals surface area (Å²) < 4.78 is 18.4. The second kappa shape index (κ2) is 6.65. The molecule has 2 aromatic rings. The maximum Gasteiger partial charge on any atom is 0.255 e. The van der Waals surface area contributed by atoms with Crippen LogP contribution >= 0.6 is 0 Å². The molecule has 134 valence electrons. The molecule has 0 saturated carbocycles. The van der Waals surface area contributed by atoms with Gasteiger partial charge in [0.05, 0.1) is 36.0 Å². The van der Waals surface area contributed by atoms with Gasteiger partial charge >= 0.3 is 0 Å². The Morgan fingerprint density at radius 1 is 1.36 bits per heavy atom. The molecule has 7 nitrogen and oxygen atoms in total. The second-order valence-corrected chi connectivity index (χ2v) is 6.65. The molecule has 25 heavy (non-hydrogen) atoms. The second-order valence-electron chi connectivity index (χ2n) is 6.65. The van der Waals surface area contributed by atoms with Crippen molar-refractivity contribution in [3.63, 3.8) is 0 Å². The highest BCUT2D eigenvalue weighted by Crippen LogP contribution is 2.33. The minimum absolute atomic E-state index is 0.0525. The molecule has 1 unspecified atom stereocenters. The molecule has 0 spiro atoms. The first-order valence-electron chi connectivity index (χ1n) is 8.76. The van der Waals surface area contributed by atoms with Crippen LogP contribution in [0.5, 0.6) is 5.88 Å². The summed E-state index contributed by atoms with van der Waals surface area (Å²) in [5.74, 6) is 0.470. The van der Waals surface area contributed by atoms with E-state index in [4.69, 9.17) is 14.2 Å². The third-order valence-corrected chi connectivity index (χ3v) is 5.26. The lowest BCUT2D eigenvalue weighted by atomic mass is 9.82. The molecule has 2 fully saturated rings. The summed E-state index contributed by atoms with van der Waals surface area (Å²) in [7, 11) is 1.59. The van der Waals surface area contributed by atoms with E-state index in [1.807, 2.05) is 18.2 Å². The Morgan fingerprint density at radius 2 is 2.20 bits per heavy atom. The molecule has 4 heterocycles. The van der Waals surface area contributed by atoms with Crippen LogP contribution in [0.4, 0.5) is 0 Å². The Bertz CT molecular complexity index is 761. The maximum absolute atomic E-state index is 13.0. The maximum atomic E-state index is 13.0. The number of hydrogen-bond acceptors (Lipinski definition) is 5. The predicted octanol–water partition coefficient (Wildman–Crippen LogP) is 1.80. The molecule has 1 atom stereocenters. The lowest BCUT2D eigenvalue weighted by molar-refractivity contribution is -0.0368. The molecule has 0 radical (unpaired) electrons. The number of amides is 1. The van der Waals surface area contributed by atoms with Crippen LogP contribution in [0, 0.1) is 0 Å². The number of hydrogen-bond donors (Lipinski definition) is 1. The van der Waals surface area contributed by atoms with E-state index < -0.39 is 0 Å². The molecule has 1 N–H and O–H groups in total. The summed E-state index contributed by atoms with van der Waals surface area (Å²) in [5.41, 5.74) is 0.910. The van der Waals surface area contributed by atoms with E-state index in [1.165, 1.54) is 0 Å². The van der Waals surface area contributed by atoms with Gasteiger partial charge in [0, 0.05) is 25.9 Å². The minimum atomic E-state index is -0.362. The number of fused-ring (bicyclic) bond motifs is 1. The van der Waals surface area contributed by atoms with E-state index >= 15 is 0 Å². The Kier molecular flexibility index (Phi) is 4.35. The molecule has 7 heteroatoms. The van der Waals surface area contributed by atoms with E-state index in [-0.39, 0.29) is 17.6 Å². The van der Waals surface area contributed by atoms with Crippen molar-refractivity contribution in [2.75, 3.05) is 26.9 Å². The molecule has 2 saturated heterocycles. The number of pyridine rings is 1. The van der Waals surface area contributed by atoms with Gasteiger partial charge in [-0.1, -0.05) is 6.07 Å². The Balaban J connectivity index is 1.63. The van der Waals surface area contributed by atoms with Crippen LogP contribution in [0.1, 0.15) is 36.0 Å². The van der Waals surface area contributed by atoms with Crippen molar-refractivity contribution in [3.05, 3.63) is 30.0 Å². The number of ether oxygens (including phenoxy) is 3. The van der Waals surface area contributed by atoms with Gasteiger partial charge in [-0.25, -0.2) is 4.52 Å². The summed E-state index contributed by atoms with van der Waals surface area (Å²) in [6, 6.07) is 5.54. The number of nitrogens with zero attached hydrogens (tertiary/aromatic N) is 2. The molecule has 2 aromatic heterocycles.